The Bertz CT molecular complexity index is 1590. The summed E-state index contributed by atoms with van der Waals surface area (Å²) in [7, 11) is 0.283. The first-order valence-corrected chi connectivity index (χ1v) is 17.1. The minimum atomic E-state index is -1.36. The topological polar surface area (TPSA) is 157 Å². The largest absolute Gasteiger partial charge is 0.491 e. The fourth-order valence-electron chi connectivity index (χ4n) is 5.35. The second kappa shape index (κ2) is 15.2. The van der Waals surface area contributed by atoms with Crippen LogP contribution >= 0.6 is 0 Å². The highest BCUT2D eigenvalue weighted by molar-refractivity contribution is 7.86. The number of aliphatic hydroxyl groups excluding tert-OH is 1. The highest BCUT2D eigenvalue weighted by Gasteiger charge is 2.30. The molecule has 0 saturated carbocycles. The van der Waals surface area contributed by atoms with E-state index in [9.17, 15) is 18.9 Å². The van der Waals surface area contributed by atoms with E-state index in [4.69, 9.17) is 15.2 Å². The van der Waals surface area contributed by atoms with Crippen LogP contribution in [0, 0.1) is 0 Å². The Morgan fingerprint density at radius 3 is 2.55 bits per heavy atom. The number of ether oxygens (including phenoxy) is 2. The van der Waals surface area contributed by atoms with Crippen molar-refractivity contribution in [2.75, 3.05) is 24.7 Å². The van der Waals surface area contributed by atoms with Gasteiger partial charge < -0.3 is 30.5 Å². The summed E-state index contributed by atoms with van der Waals surface area (Å²) >= 11 is 0. The monoisotopic (exact) mass is 665 g/mol. The molecule has 2 amide bonds. The maximum atomic E-state index is 13.6. The van der Waals surface area contributed by atoms with Crippen molar-refractivity contribution in [3.05, 3.63) is 59.9 Å². The van der Waals surface area contributed by atoms with Gasteiger partial charge in [0.25, 0.3) is 5.91 Å². The number of rotatable bonds is 2. The van der Waals surface area contributed by atoms with E-state index in [0.29, 0.717) is 52.6 Å². The van der Waals surface area contributed by atoms with E-state index in [2.05, 4.69) is 15.3 Å². The van der Waals surface area contributed by atoms with Crippen LogP contribution < -0.4 is 15.8 Å². The van der Waals surface area contributed by atoms with E-state index in [1.165, 1.54) is 11.1 Å². The zero-order valence-electron chi connectivity index (χ0n) is 28.2. The molecule has 0 aliphatic carbocycles. The molecule has 3 aromatic rings. The third-order valence-corrected chi connectivity index (χ3v) is 9.62. The Labute approximate surface area is 279 Å². The third kappa shape index (κ3) is 9.74. The number of carbonyl (C=O) groups is 2. The lowest BCUT2D eigenvalue weighted by Gasteiger charge is -2.27. The minimum absolute atomic E-state index is 0.0398. The van der Waals surface area contributed by atoms with Crippen LogP contribution in [0.5, 0.6) is 5.75 Å². The fraction of sp³-hybridized carbons (Fsp3) is 0.486. The molecule has 2 aliphatic heterocycles. The summed E-state index contributed by atoms with van der Waals surface area (Å²) in [6.45, 7) is 9.79. The van der Waals surface area contributed by atoms with Gasteiger partial charge in [-0.3, -0.25) is 9.00 Å². The van der Waals surface area contributed by atoms with Crippen LogP contribution in [0.3, 0.4) is 0 Å². The third-order valence-electron chi connectivity index (χ3n) is 7.74. The molecule has 2 aliphatic rings. The standard InChI is InChI=1S/C35H47N5O6S/c1-34(2,3)46-33(43)40(6)22-24-12-11-14-27-30(24)45-19-10-8-7-9-13-25(41)20-35(4,5)47(44)26-17-15-23(16-18-26)28-21-37-31(36)29(38-28)32(42)39-27/h11-12,14-18,21,25,41H,7-10,13,19-20,22H2,1-6H3,(H2,36,37)(H,39,42). The van der Waals surface area contributed by atoms with Crippen LogP contribution in [0.25, 0.3) is 11.3 Å². The van der Waals surface area contributed by atoms with E-state index in [-0.39, 0.29) is 18.1 Å². The molecular formula is C35H47N5O6S. The smallest absolute Gasteiger partial charge is 0.410 e. The van der Waals surface area contributed by atoms with E-state index in [1.807, 2.05) is 19.9 Å². The molecule has 3 heterocycles. The summed E-state index contributed by atoms with van der Waals surface area (Å²) in [5.74, 6) is -0.177. The minimum Gasteiger partial charge on any atom is -0.491 e. The van der Waals surface area contributed by atoms with E-state index in [0.717, 1.165) is 25.7 Å². The zero-order valence-corrected chi connectivity index (χ0v) is 29.0. The van der Waals surface area contributed by atoms with Gasteiger partial charge in [0.05, 0.1) is 47.6 Å². The van der Waals surface area contributed by atoms with Gasteiger partial charge in [-0.2, -0.15) is 0 Å². The number of nitrogens with two attached hydrogens (primary N) is 1. The number of para-hydroxylation sites is 1. The maximum Gasteiger partial charge on any atom is 0.410 e. The van der Waals surface area contributed by atoms with Gasteiger partial charge in [-0.05, 0) is 72.1 Å². The average Bonchev–Trinajstić information content (AvgIpc) is 3.00. The van der Waals surface area contributed by atoms with Crippen molar-refractivity contribution < 1.29 is 28.4 Å². The van der Waals surface area contributed by atoms with Crippen LogP contribution in [0.1, 0.15) is 89.2 Å². The number of amides is 2. The predicted molar refractivity (Wildman–Crippen MR) is 184 cm³/mol. The summed E-state index contributed by atoms with van der Waals surface area (Å²) in [5.41, 5.74) is 7.58. The Balaban J connectivity index is 1.67. The number of benzene rings is 2. The van der Waals surface area contributed by atoms with Gasteiger partial charge in [-0.25, -0.2) is 14.8 Å². The van der Waals surface area contributed by atoms with Gasteiger partial charge >= 0.3 is 6.09 Å². The predicted octanol–water partition coefficient (Wildman–Crippen LogP) is 6.33. The molecule has 1 aromatic heterocycles. The summed E-state index contributed by atoms with van der Waals surface area (Å²) in [6.07, 6.45) is 4.80. The summed E-state index contributed by atoms with van der Waals surface area (Å²) in [5, 5.41) is 13.7. The van der Waals surface area contributed by atoms with Crippen molar-refractivity contribution in [1.82, 2.24) is 14.9 Å². The second-order valence-electron chi connectivity index (χ2n) is 13.5. The second-order valence-corrected chi connectivity index (χ2v) is 15.6. The number of hydrogen-bond acceptors (Lipinski definition) is 9. The molecule has 47 heavy (non-hydrogen) atoms. The van der Waals surface area contributed by atoms with Crippen molar-refractivity contribution in [3.8, 4) is 17.0 Å². The molecule has 0 radical (unpaired) electrons. The van der Waals surface area contributed by atoms with Crippen LogP contribution in [-0.2, 0) is 22.1 Å². The number of nitrogen functional groups attached to an aromatic ring is 1. The number of aromatic nitrogens is 2. The van der Waals surface area contributed by atoms with Gasteiger partial charge in [0, 0.05) is 27.8 Å². The Hall–Kier alpha value is -4.03. The molecule has 0 saturated heterocycles. The van der Waals surface area contributed by atoms with E-state index >= 15 is 0 Å². The molecule has 5 rings (SSSR count). The molecule has 2 unspecified atom stereocenters. The van der Waals surface area contributed by atoms with Gasteiger partial charge in [0.15, 0.2) is 11.5 Å². The molecule has 254 valence electrons. The summed E-state index contributed by atoms with van der Waals surface area (Å²) in [6, 6.07) is 12.4. The SMILES string of the molecule is CN(Cc1cccc2c1OCCCCCCC(O)CC(C)(C)S(=O)c1ccc(cc1)-c1cnc(N)c(n1)C(=O)N2)C(=O)OC(C)(C)C. The number of hydrogen-bond donors (Lipinski definition) is 3. The first-order valence-electron chi connectivity index (χ1n) is 16.0. The van der Waals surface area contributed by atoms with Crippen LogP contribution in [-0.4, -0.2) is 66.3 Å². The molecule has 2 atom stereocenters. The van der Waals surface area contributed by atoms with Crippen molar-refractivity contribution in [2.45, 2.75) is 101 Å². The van der Waals surface area contributed by atoms with E-state index < -0.39 is 39.3 Å². The molecule has 0 fully saturated rings. The number of aliphatic hydroxyl groups is 1. The molecule has 11 nitrogen and oxygen atoms in total. The molecule has 12 heteroatoms. The zero-order chi connectivity index (χ0) is 34.4. The van der Waals surface area contributed by atoms with Crippen molar-refractivity contribution >= 4 is 34.3 Å². The van der Waals surface area contributed by atoms with Gasteiger partial charge in [-0.1, -0.05) is 43.5 Å². The molecule has 2 aromatic carbocycles. The lowest BCUT2D eigenvalue weighted by molar-refractivity contribution is 0.0284. The number of nitrogens with zero attached hydrogens (tertiary/aromatic N) is 3. The number of fused-ring (bicyclic) bond motifs is 13. The first-order chi connectivity index (χ1) is 22.1. The summed E-state index contributed by atoms with van der Waals surface area (Å²) < 4.78 is 24.6. The lowest BCUT2D eigenvalue weighted by atomic mass is 10.00. The number of anilines is 2. The van der Waals surface area contributed by atoms with E-state index in [1.54, 1.807) is 64.2 Å². The number of nitrogens with one attached hydrogen (secondary N) is 1. The molecule has 4 bridgehead atoms. The van der Waals surface area contributed by atoms with Crippen LogP contribution in [0.2, 0.25) is 0 Å². The Morgan fingerprint density at radius 2 is 1.85 bits per heavy atom. The van der Waals surface area contributed by atoms with Gasteiger partial charge in [0.2, 0.25) is 0 Å². The maximum absolute atomic E-state index is 13.6. The normalized spacial score (nSPS) is 19.3. The molecule has 0 spiro atoms. The Morgan fingerprint density at radius 1 is 1.15 bits per heavy atom. The van der Waals surface area contributed by atoms with Crippen LogP contribution in [0.15, 0.2) is 53.6 Å². The van der Waals surface area contributed by atoms with Crippen LogP contribution in [0.4, 0.5) is 16.3 Å². The lowest BCUT2D eigenvalue weighted by Crippen LogP contribution is -2.34. The average molecular weight is 666 g/mol. The Kier molecular flexibility index (Phi) is 11.6. The van der Waals surface area contributed by atoms with Crippen molar-refractivity contribution in [3.63, 3.8) is 0 Å². The fourth-order valence-corrected chi connectivity index (χ4v) is 6.71. The number of carbonyl (C=O) groups excluding carboxylic acids is 2. The first kappa shape index (κ1) is 35.8. The highest BCUT2D eigenvalue weighted by atomic mass is 32.2. The molecule has 4 N–H and O–H groups in total. The van der Waals surface area contributed by atoms with Crippen molar-refractivity contribution in [1.29, 1.82) is 0 Å². The van der Waals surface area contributed by atoms with Gasteiger partial charge in [0.1, 0.15) is 11.4 Å². The highest BCUT2D eigenvalue weighted by Crippen LogP contribution is 2.33. The molecular weight excluding hydrogens is 618 g/mol. The van der Waals surface area contributed by atoms with Gasteiger partial charge in [-0.15, -0.1) is 0 Å². The summed E-state index contributed by atoms with van der Waals surface area (Å²) in [4.78, 5) is 37.2. The van der Waals surface area contributed by atoms with Crippen molar-refractivity contribution in [2.24, 2.45) is 0 Å². The quantitative estimate of drug-likeness (QED) is 0.285.